The van der Waals surface area contributed by atoms with E-state index in [1.807, 2.05) is 12.3 Å². The summed E-state index contributed by atoms with van der Waals surface area (Å²) < 4.78 is 13.5. The maximum Gasteiger partial charge on any atom is 0.123 e. The molecule has 118 valence electrons. The third-order valence-corrected chi connectivity index (χ3v) is 4.86. The average Bonchev–Trinajstić information content (AvgIpc) is 3.16. The molecule has 0 aliphatic carbocycles. The lowest BCUT2D eigenvalue weighted by Gasteiger charge is -2.16. The van der Waals surface area contributed by atoms with E-state index in [1.165, 1.54) is 23.6 Å². The number of rotatable bonds is 4. The topological polar surface area (TPSA) is 19.0 Å². The number of nitrogens with zero attached hydrogens (tertiary/aromatic N) is 1. The van der Waals surface area contributed by atoms with Crippen LogP contribution < -0.4 is 0 Å². The van der Waals surface area contributed by atoms with E-state index in [2.05, 4.69) is 40.2 Å². The molecular weight excluding hydrogens is 287 g/mol. The van der Waals surface area contributed by atoms with E-state index in [-0.39, 0.29) is 5.82 Å². The second kappa shape index (κ2) is 6.17. The predicted octanol–water partition coefficient (Wildman–Crippen LogP) is 4.37. The minimum Gasteiger partial charge on any atom is -0.361 e. The normalized spacial score (nSPS) is 18.7. The molecule has 3 heteroatoms. The predicted molar refractivity (Wildman–Crippen MR) is 91.8 cm³/mol. The number of halogens is 1. The van der Waals surface area contributed by atoms with E-state index < -0.39 is 0 Å². The first-order chi connectivity index (χ1) is 11.3. The van der Waals surface area contributed by atoms with Gasteiger partial charge in [0, 0.05) is 30.2 Å². The maximum atomic E-state index is 13.5. The third-order valence-electron chi connectivity index (χ3n) is 4.86. The number of aromatic nitrogens is 1. The smallest absolute Gasteiger partial charge is 0.123 e. The van der Waals surface area contributed by atoms with Gasteiger partial charge in [0.15, 0.2) is 0 Å². The fourth-order valence-electron chi connectivity index (χ4n) is 3.70. The minimum absolute atomic E-state index is 0.157. The first-order valence-corrected chi connectivity index (χ1v) is 8.30. The van der Waals surface area contributed by atoms with Crippen molar-refractivity contribution in [2.24, 2.45) is 5.92 Å². The van der Waals surface area contributed by atoms with Crippen molar-refractivity contribution in [1.82, 2.24) is 9.88 Å². The summed E-state index contributed by atoms with van der Waals surface area (Å²) in [6.07, 6.45) is 4.29. The van der Waals surface area contributed by atoms with Crippen molar-refractivity contribution in [2.75, 3.05) is 13.1 Å². The van der Waals surface area contributed by atoms with Gasteiger partial charge in [0.25, 0.3) is 0 Å². The van der Waals surface area contributed by atoms with Gasteiger partial charge in [-0.1, -0.05) is 30.3 Å². The number of likely N-dealkylation sites (tertiary alicyclic amines) is 1. The van der Waals surface area contributed by atoms with Crippen LogP contribution in [0.25, 0.3) is 10.9 Å². The molecule has 4 rings (SSSR count). The lowest BCUT2D eigenvalue weighted by atomic mass is 9.98. The first-order valence-electron chi connectivity index (χ1n) is 8.30. The van der Waals surface area contributed by atoms with Crippen LogP contribution >= 0.6 is 0 Å². The van der Waals surface area contributed by atoms with E-state index in [1.54, 1.807) is 6.07 Å². The fourth-order valence-corrected chi connectivity index (χ4v) is 3.70. The molecule has 2 aromatic carbocycles. The second-order valence-corrected chi connectivity index (χ2v) is 6.58. The van der Waals surface area contributed by atoms with Gasteiger partial charge in [0.1, 0.15) is 5.82 Å². The molecule has 23 heavy (non-hydrogen) atoms. The summed E-state index contributed by atoms with van der Waals surface area (Å²) in [4.78, 5) is 5.78. The molecule has 1 aliphatic heterocycles. The van der Waals surface area contributed by atoms with Crippen LogP contribution in [-0.4, -0.2) is 23.0 Å². The largest absolute Gasteiger partial charge is 0.361 e. The van der Waals surface area contributed by atoms with Crippen LogP contribution in [0.3, 0.4) is 0 Å². The average molecular weight is 308 g/mol. The quantitative estimate of drug-likeness (QED) is 0.758. The Kier molecular flexibility index (Phi) is 3.88. The van der Waals surface area contributed by atoms with Gasteiger partial charge in [-0.25, -0.2) is 4.39 Å². The van der Waals surface area contributed by atoms with Crippen molar-refractivity contribution in [1.29, 1.82) is 0 Å². The molecule has 0 radical (unpaired) electrons. The highest BCUT2D eigenvalue weighted by molar-refractivity contribution is 5.83. The maximum absolute atomic E-state index is 13.5. The molecule has 1 saturated heterocycles. The zero-order valence-corrected chi connectivity index (χ0v) is 13.1. The molecule has 1 fully saturated rings. The Labute approximate surface area is 135 Å². The summed E-state index contributed by atoms with van der Waals surface area (Å²) >= 11 is 0. The van der Waals surface area contributed by atoms with E-state index in [0.29, 0.717) is 5.92 Å². The lowest BCUT2D eigenvalue weighted by molar-refractivity contribution is 0.316. The van der Waals surface area contributed by atoms with Crippen molar-refractivity contribution in [2.45, 2.75) is 19.4 Å². The highest BCUT2D eigenvalue weighted by Gasteiger charge is 2.23. The molecule has 0 amide bonds. The van der Waals surface area contributed by atoms with Crippen LogP contribution in [0.1, 0.15) is 17.5 Å². The molecule has 1 N–H and O–H groups in total. The van der Waals surface area contributed by atoms with Gasteiger partial charge in [-0.2, -0.15) is 0 Å². The number of benzene rings is 2. The van der Waals surface area contributed by atoms with Gasteiger partial charge < -0.3 is 4.98 Å². The molecule has 2 heterocycles. The zero-order valence-electron chi connectivity index (χ0n) is 13.1. The minimum atomic E-state index is -0.157. The molecular formula is C20H21FN2. The van der Waals surface area contributed by atoms with Crippen LogP contribution in [0.5, 0.6) is 0 Å². The number of hydrogen-bond donors (Lipinski definition) is 1. The van der Waals surface area contributed by atoms with Crippen molar-refractivity contribution < 1.29 is 4.39 Å². The summed E-state index contributed by atoms with van der Waals surface area (Å²) in [6.45, 7) is 3.30. The lowest BCUT2D eigenvalue weighted by Crippen LogP contribution is -2.20. The van der Waals surface area contributed by atoms with Crippen molar-refractivity contribution in [3.63, 3.8) is 0 Å². The number of aromatic amines is 1. The standard InChI is InChI=1S/C20H21FN2/c21-18-6-7-20-19(11-18)17(12-22-20)10-16-8-9-23(14-16)13-15-4-2-1-3-5-15/h1-7,11-12,16,22H,8-10,13-14H2. The van der Waals surface area contributed by atoms with Gasteiger partial charge in [-0.15, -0.1) is 0 Å². The molecule has 0 spiro atoms. The highest BCUT2D eigenvalue weighted by Crippen LogP contribution is 2.27. The summed E-state index contributed by atoms with van der Waals surface area (Å²) in [5.74, 6) is 0.497. The Morgan fingerprint density at radius 3 is 2.87 bits per heavy atom. The highest BCUT2D eigenvalue weighted by atomic mass is 19.1. The molecule has 1 atom stereocenters. The van der Waals surface area contributed by atoms with Crippen LogP contribution in [0.2, 0.25) is 0 Å². The molecule has 1 unspecified atom stereocenters. The Balaban J connectivity index is 1.43. The summed E-state index contributed by atoms with van der Waals surface area (Å²) in [6, 6.07) is 15.6. The van der Waals surface area contributed by atoms with E-state index in [9.17, 15) is 4.39 Å². The molecule has 0 saturated carbocycles. The van der Waals surface area contributed by atoms with Crippen molar-refractivity contribution in [3.05, 3.63) is 71.7 Å². The molecule has 2 nitrogen and oxygen atoms in total. The van der Waals surface area contributed by atoms with Crippen LogP contribution in [0.15, 0.2) is 54.7 Å². The van der Waals surface area contributed by atoms with Gasteiger partial charge in [0.2, 0.25) is 0 Å². The molecule has 3 aromatic rings. The SMILES string of the molecule is Fc1ccc2[nH]cc(CC3CCN(Cc4ccccc4)C3)c2c1. The van der Waals surface area contributed by atoms with Gasteiger partial charge in [-0.05, 0) is 54.6 Å². The Morgan fingerprint density at radius 2 is 2.00 bits per heavy atom. The molecule has 1 aliphatic rings. The second-order valence-electron chi connectivity index (χ2n) is 6.58. The number of hydrogen-bond acceptors (Lipinski definition) is 1. The van der Waals surface area contributed by atoms with E-state index >= 15 is 0 Å². The van der Waals surface area contributed by atoms with Gasteiger partial charge in [0.05, 0.1) is 0 Å². The van der Waals surface area contributed by atoms with Crippen LogP contribution in [0, 0.1) is 11.7 Å². The molecule has 1 aromatic heterocycles. The van der Waals surface area contributed by atoms with Gasteiger partial charge >= 0.3 is 0 Å². The fraction of sp³-hybridized carbons (Fsp3) is 0.300. The summed E-state index contributed by atoms with van der Waals surface area (Å²) in [5.41, 5.74) is 3.65. The summed E-state index contributed by atoms with van der Waals surface area (Å²) in [7, 11) is 0. The number of nitrogens with one attached hydrogen (secondary N) is 1. The van der Waals surface area contributed by atoms with Crippen LogP contribution in [-0.2, 0) is 13.0 Å². The Bertz CT molecular complexity index is 794. The number of fused-ring (bicyclic) bond motifs is 1. The van der Waals surface area contributed by atoms with E-state index in [4.69, 9.17) is 0 Å². The Morgan fingerprint density at radius 1 is 1.13 bits per heavy atom. The zero-order chi connectivity index (χ0) is 15.6. The monoisotopic (exact) mass is 308 g/mol. The third kappa shape index (κ3) is 3.15. The van der Waals surface area contributed by atoms with Gasteiger partial charge in [-0.3, -0.25) is 4.90 Å². The van der Waals surface area contributed by atoms with Crippen LogP contribution in [0.4, 0.5) is 4.39 Å². The van der Waals surface area contributed by atoms with Crippen molar-refractivity contribution >= 4 is 10.9 Å². The van der Waals surface area contributed by atoms with E-state index in [0.717, 1.165) is 37.0 Å². The van der Waals surface area contributed by atoms with Crippen molar-refractivity contribution in [3.8, 4) is 0 Å². The first kappa shape index (κ1) is 14.5. The summed E-state index contributed by atoms with van der Waals surface area (Å²) in [5, 5.41) is 1.03. The Hall–Kier alpha value is -2.13. The molecule has 0 bridgehead atoms. The number of H-pyrrole nitrogens is 1.